The number of thioether (sulfide) groups is 1. The molecule has 3 rings (SSSR count). The summed E-state index contributed by atoms with van der Waals surface area (Å²) in [4.78, 5) is 37.0. The van der Waals surface area contributed by atoms with Crippen LogP contribution in [-0.4, -0.2) is 51.5 Å². The third-order valence-electron chi connectivity index (χ3n) is 7.76. The molecular weight excluding hydrogens is 457 g/mol. The molecular formula is C24H31F3O5S. The summed E-state index contributed by atoms with van der Waals surface area (Å²) in [6.07, 6.45) is 0.0304. The van der Waals surface area contributed by atoms with Crippen molar-refractivity contribution in [1.29, 1.82) is 0 Å². The average molecular weight is 489 g/mol. The fourth-order valence-corrected chi connectivity index (χ4v) is 6.40. The van der Waals surface area contributed by atoms with E-state index in [1.165, 1.54) is 19.1 Å². The first-order valence-corrected chi connectivity index (χ1v) is 12.3. The van der Waals surface area contributed by atoms with Gasteiger partial charge in [0.25, 0.3) is 0 Å². The van der Waals surface area contributed by atoms with E-state index in [0.29, 0.717) is 11.8 Å². The third-order valence-corrected chi connectivity index (χ3v) is 8.51. The molecule has 0 saturated heterocycles. The molecule has 0 aromatic carbocycles. The average Bonchev–Trinajstić information content (AvgIpc) is 2.81. The Kier molecular flexibility index (Phi) is 7.54. The Morgan fingerprint density at radius 3 is 2.61 bits per heavy atom. The Balaban J connectivity index is 2.07. The highest BCUT2D eigenvalue weighted by molar-refractivity contribution is 8.13. The number of esters is 1. The summed E-state index contributed by atoms with van der Waals surface area (Å²) in [6, 6.07) is -1.01. The van der Waals surface area contributed by atoms with Crippen LogP contribution in [0.3, 0.4) is 0 Å². The Morgan fingerprint density at radius 2 is 1.97 bits per heavy atom. The number of alkyl halides is 3. The lowest BCUT2D eigenvalue weighted by Crippen LogP contribution is -2.63. The summed E-state index contributed by atoms with van der Waals surface area (Å²) < 4.78 is 51.0. The van der Waals surface area contributed by atoms with Gasteiger partial charge < -0.3 is 9.84 Å². The molecule has 0 aliphatic heterocycles. The zero-order valence-electron chi connectivity index (χ0n) is 19.1. The van der Waals surface area contributed by atoms with E-state index in [1.54, 1.807) is 13.8 Å². The van der Waals surface area contributed by atoms with Crippen LogP contribution < -0.4 is 0 Å². The number of allylic oxidation sites excluding steroid dienone is 4. The molecule has 3 aliphatic carbocycles. The number of fused-ring (bicyclic) bond motifs is 3. The number of carbonyl (C=O) groups excluding carboxylic acids is 3. The van der Waals surface area contributed by atoms with Crippen LogP contribution in [0.1, 0.15) is 59.3 Å². The van der Waals surface area contributed by atoms with E-state index >= 15 is 8.78 Å². The van der Waals surface area contributed by atoms with E-state index in [9.17, 15) is 23.9 Å². The molecule has 3 aliphatic rings. The van der Waals surface area contributed by atoms with Crippen LogP contribution in [0.2, 0.25) is 0 Å². The van der Waals surface area contributed by atoms with Gasteiger partial charge in [0, 0.05) is 17.8 Å². The van der Waals surface area contributed by atoms with Crippen molar-refractivity contribution in [2.45, 2.75) is 82.8 Å². The zero-order chi connectivity index (χ0) is 24.6. The van der Waals surface area contributed by atoms with Crippen LogP contribution in [0.4, 0.5) is 13.2 Å². The maximum atomic E-state index is 17.2. The van der Waals surface area contributed by atoms with Crippen LogP contribution in [-0.2, 0) is 19.1 Å². The Hall–Kier alpha value is -1.61. The molecule has 0 aromatic rings. The van der Waals surface area contributed by atoms with E-state index in [4.69, 9.17) is 4.74 Å². The number of rotatable bonds is 4. The van der Waals surface area contributed by atoms with Gasteiger partial charge in [0.1, 0.15) is 12.2 Å². The second kappa shape index (κ2) is 9.56. The van der Waals surface area contributed by atoms with E-state index in [0.717, 1.165) is 6.08 Å². The lowest BCUT2D eigenvalue weighted by atomic mass is 9.52. The van der Waals surface area contributed by atoms with Gasteiger partial charge in [-0.2, -0.15) is 0 Å². The van der Waals surface area contributed by atoms with Crippen LogP contribution in [0.15, 0.2) is 23.8 Å². The summed E-state index contributed by atoms with van der Waals surface area (Å²) in [5.41, 5.74) is -5.57. The minimum atomic E-state index is -2.32. The van der Waals surface area contributed by atoms with Crippen molar-refractivity contribution >= 4 is 28.6 Å². The van der Waals surface area contributed by atoms with Crippen LogP contribution >= 0.6 is 11.8 Å². The van der Waals surface area contributed by atoms with Gasteiger partial charge in [0.05, 0.1) is 6.10 Å². The number of aliphatic hydroxyl groups excluding tert-OH is 1. The predicted octanol–water partition coefficient (Wildman–Crippen LogP) is 4.57. The Morgan fingerprint density at radius 1 is 1.30 bits per heavy atom. The number of hydrogen-bond acceptors (Lipinski definition) is 6. The largest absolute Gasteiger partial charge is 0.450 e. The van der Waals surface area contributed by atoms with Gasteiger partial charge in [0.2, 0.25) is 5.12 Å². The predicted molar refractivity (Wildman–Crippen MR) is 119 cm³/mol. The third kappa shape index (κ3) is 4.31. The molecule has 7 atom stereocenters. The van der Waals surface area contributed by atoms with E-state index in [1.807, 2.05) is 0 Å². The number of aliphatic hydroxyl groups is 1. The van der Waals surface area contributed by atoms with Crippen molar-refractivity contribution in [2.24, 2.45) is 17.3 Å². The molecule has 0 unspecified atom stereocenters. The van der Waals surface area contributed by atoms with Crippen LogP contribution in [0.5, 0.6) is 0 Å². The minimum absolute atomic E-state index is 0.00230. The summed E-state index contributed by atoms with van der Waals surface area (Å²) in [5.74, 6) is -2.49. The maximum absolute atomic E-state index is 17.2. The van der Waals surface area contributed by atoms with E-state index in [-0.39, 0.29) is 44.1 Å². The summed E-state index contributed by atoms with van der Waals surface area (Å²) >= 11 is 0.381. The van der Waals surface area contributed by atoms with E-state index in [2.05, 4.69) is 0 Å². The van der Waals surface area contributed by atoms with Gasteiger partial charge in [-0.1, -0.05) is 19.9 Å². The molecule has 0 radical (unpaired) electrons. The molecule has 1 N–H and O–H groups in total. The number of ketones is 1. The maximum Gasteiger partial charge on any atom is 0.306 e. The van der Waals surface area contributed by atoms with Gasteiger partial charge >= 0.3 is 5.97 Å². The molecule has 0 aromatic heterocycles. The quantitative estimate of drug-likeness (QED) is 0.584. The van der Waals surface area contributed by atoms with Crippen molar-refractivity contribution in [3.8, 4) is 0 Å². The van der Waals surface area contributed by atoms with Crippen molar-refractivity contribution in [3.05, 3.63) is 23.8 Å². The second-order valence-corrected chi connectivity index (χ2v) is 10.4. The molecule has 0 spiro atoms. The smallest absolute Gasteiger partial charge is 0.306 e. The molecule has 2 saturated carbocycles. The number of carbonyl (C=O) groups is 3. The van der Waals surface area contributed by atoms with Crippen molar-refractivity contribution in [2.75, 3.05) is 6.01 Å². The zero-order valence-corrected chi connectivity index (χ0v) is 19.9. The minimum Gasteiger partial charge on any atom is -0.450 e. The Labute approximate surface area is 196 Å². The van der Waals surface area contributed by atoms with Crippen molar-refractivity contribution in [1.82, 2.24) is 0 Å². The van der Waals surface area contributed by atoms with Crippen molar-refractivity contribution < 1.29 is 37.4 Å². The highest BCUT2D eigenvalue weighted by Crippen LogP contribution is 2.60. The first-order chi connectivity index (χ1) is 15.4. The van der Waals surface area contributed by atoms with Crippen molar-refractivity contribution in [3.63, 3.8) is 0 Å². The van der Waals surface area contributed by atoms with Gasteiger partial charge in [-0.15, -0.1) is 0 Å². The molecule has 2 fully saturated rings. The van der Waals surface area contributed by atoms with Crippen LogP contribution in [0.25, 0.3) is 0 Å². The summed E-state index contributed by atoms with van der Waals surface area (Å²) in [6.45, 7) is 4.77. The van der Waals surface area contributed by atoms with Crippen LogP contribution in [0, 0.1) is 17.3 Å². The van der Waals surface area contributed by atoms with Gasteiger partial charge in [-0.25, -0.2) is 13.2 Å². The van der Waals surface area contributed by atoms with E-state index < -0.39 is 63.7 Å². The molecule has 33 heavy (non-hydrogen) atoms. The molecule has 0 amide bonds. The second-order valence-electron chi connectivity index (χ2n) is 9.55. The van der Waals surface area contributed by atoms with Gasteiger partial charge in [-0.3, -0.25) is 14.4 Å². The lowest BCUT2D eigenvalue weighted by Gasteiger charge is -2.56. The Bertz CT molecular complexity index is 876. The number of hydrogen-bond donors (Lipinski definition) is 1. The fraction of sp³-hybridized carbons (Fsp3) is 0.708. The molecule has 9 heteroatoms. The summed E-state index contributed by atoms with van der Waals surface area (Å²) in [5, 5.41) is 10.5. The topological polar surface area (TPSA) is 80.7 Å². The summed E-state index contributed by atoms with van der Waals surface area (Å²) in [7, 11) is 0. The lowest BCUT2D eigenvalue weighted by molar-refractivity contribution is -0.167. The fourth-order valence-electron chi connectivity index (χ4n) is 5.79. The van der Waals surface area contributed by atoms with Gasteiger partial charge in [-0.05, 0) is 74.4 Å². The SMILES string of the molecule is CCC(=O)O[C@]1(C(=O)SCF)CC[C@H](C)[C@@H]2C[C@H](F)C3=CC(=O)C=C[C@]3(C)[C@@]2(F)[C@@H](O)CC1. The monoisotopic (exact) mass is 488 g/mol. The number of halogens is 3. The number of ether oxygens (including phenoxy) is 1. The normalized spacial score (nSPS) is 41.1. The highest BCUT2D eigenvalue weighted by Gasteiger charge is 2.65. The molecule has 0 heterocycles. The first kappa shape index (κ1) is 26.0. The van der Waals surface area contributed by atoms with Gasteiger partial charge in [0.15, 0.2) is 17.1 Å². The molecule has 0 bridgehead atoms. The first-order valence-electron chi connectivity index (χ1n) is 11.4. The standard InChI is InChI=1S/C24H31F3O5S/c1-4-20(30)32-23(21(31)33-13-25)9-5-14(2)16-12-18(26)17-11-15(28)6-8-22(17,3)24(16,27)19(29)7-10-23/h6,8,11,14,16,18-19,29H,4-5,7,9-10,12-13H2,1-3H3/t14-,16-,18-,19-,22-,23+,24-/m0/s1. The molecule has 184 valence electrons. The molecule has 5 nitrogen and oxygen atoms in total. The highest BCUT2D eigenvalue weighted by atomic mass is 32.2.